The molecule has 3 aromatic rings. The zero-order chi connectivity index (χ0) is 35.3. The smallest absolute Gasteiger partial charge is 0.411 e. The van der Waals surface area contributed by atoms with Gasteiger partial charge < -0.3 is 20.1 Å². The molecule has 0 bridgehead atoms. The highest BCUT2D eigenvalue weighted by Gasteiger charge is 2.29. The van der Waals surface area contributed by atoms with Crippen LogP contribution in [-0.2, 0) is 14.4 Å². The summed E-state index contributed by atoms with van der Waals surface area (Å²) < 4.78 is 5.67. The van der Waals surface area contributed by atoms with Crippen molar-refractivity contribution in [3.8, 4) is 11.1 Å². The van der Waals surface area contributed by atoms with Crippen LogP contribution in [0.3, 0.4) is 0 Å². The summed E-state index contributed by atoms with van der Waals surface area (Å²) in [7, 11) is 1.68. The predicted octanol–water partition coefficient (Wildman–Crippen LogP) is 7.43. The Hall–Kier alpha value is -4.90. The molecular formula is C39H48N4O7. The number of nitrogens with zero attached hydrogens (tertiary/aromatic N) is 2. The lowest BCUT2D eigenvalue weighted by Gasteiger charge is -2.33. The summed E-state index contributed by atoms with van der Waals surface area (Å²) in [6, 6.07) is 23.1. The van der Waals surface area contributed by atoms with Crippen LogP contribution in [-0.4, -0.2) is 78.5 Å². The number of hydrogen-bond acceptors (Lipinski definition) is 6. The Labute approximate surface area is 293 Å². The second kappa shape index (κ2) is 18.2. The first kappa shape index (κ1) is 36.4. The molecule has 0 spiro atoms. The van der Waals surface area contributed by atoms with Crippen molar-refractivity contribution < 1.29 is 33.9 Å². The lowest BCUT2D eigenvalue weighted by molar-refractivity contribution is -0.204. The van der Waals surface area contributed by atoms with E-state index in [1.54, 1.807) is 41.3 Å². The molecule has 4 amide bonds. The van der Waals surface area contributed by atoms with Crippen LogP contribution in [0.2, 0.25) is 0 Å². The van der Waals surface area contributed by atoms with E-state index in [0.717, 1.165) is 73.6 Å². The normalized spacial score (nSPS) is 13.9. The SMILES string of the molecule is CN(CCON(C(=O)CCCCCCNC(=O)O)C1CCCCC1)C(=O)c1cccc(NC(=O)OCC2c3ccccc3-c3ccccc32)c1. The highest BCUT2D eigenvalue weighted by atomic mass is 16.7. The van der Waals surface area contributed by atoms with E-state index in [9.17, 15) is 19.2 Å². The van der Waals surface area contributed by atoms with Crippen LogP contribution >= 0.6 is 0 Å². The lowest BCUT2D eigenvalue weighted by Crippen LogP contribution is -2.43. The monoisotopic (exact) mass is 684 g/mol. The van der Waals surface area contributed by atoms with E-state index < -0.39 is 12.2 Å². The summed E-state index contributed by atoms with van der Waals surface area (Å²) in [6.45, 7) is 1.04. The summed E-state index contributed by atoms with van der Waals surface area (Å²) in [6.07, 6.45) is 6.89. The number of hydrogen-bond donors (Lipinski definition) is 3. The Morgan fingerprint density at radius 2 is 1.52 bits per heavy atom. The van der Waals surface area contributed by atoms with E-state index in [0.29, 0.717) is 30.6 Å². The first-order valence-electron chi connectivity index (χ1n) is 17.7. The van der Waals surface area contributed by atoms with Crippen LogP contribution < -0.4 is 10.6 Å². The van der Waals surface area contributed by atoms with Gasteiger partial charge in [0, 0.05) is 43.7 Å². The molecule has 1 fully saturated rings. The van der Waals surface area contributed by atoms with Gasteiger partial charge in [0.2, 0.25) is 5.91 Å². The van der Waals surface area contributed by atoms with Crippen molar-refractivity contribution in [1.82, 2.24) is 15.3 Å². The third-order valence-corrected chi connectivity index (χ3v) is 9.45. The molecule has 3 N–H and O–H groups in total. The zero-order valence-electron chi connectivity index (χ0n) is 28.8. The van der Waals surface area contributed by atoms with E-state index in [1.165, 1.54) is 0 Å². The molecule has 0 aromatic heterocycles. The topological polar surface area (TPSA) is 138 Å². The van der Waals surface area contributed by atoms with Crippen molar-refractivity contribution in [2.24, 2.45) is 0 Å². The Kier molecular flexibility index (Phi) is 13.2. The van der Waals surface area contributed by atoms with Gasteiger partial charge in [0.05, 0.1) is 12.6 Å². The molecule has 266 valence electrons. The van der Waals surface area contributed by atoms with Gasteiger partial charge in [0.15, 0.2) is 0 Å². The maximum atomic E-state index is 13.3. The average molecular weight is 685 g/mol. The number of hydroxylamine groups is 2. The Morgan fingerprint density at radius 3 is 2.22 bits per heavy atom. The first-order valence-corrected chi connectivity index (χ1v) is 17.7. The van der Waals surface area contributed by atoms with Crippen LogP contribution in [0.15, 0.2) is 72.8 Å². The van der Waals surface area contributed by atoms with Crippen molar-refractivity contribution in [1.29, 1.82) is 0 Å². The van der Waals surface area contributed by atoms with Gasteiger partial charge >= 0.3 is 12.2 Å². The molecule has 5 rings (SSSR count). The van der Waals surface area contributed by atoms with Gasteiger partial charge in [-0.1, -0.05) is 86.7 Å². The molecule has 2 aliphatic carbocycles. The van der Waals surface area contributed by atoms with Crippen LogP contribution in [0, 0.1) is 0 Å². The number of rotatable bonds is 16. The van der Waals surface area contributed by atoms with E-state index >= 15 is 0 Å². The molecule has 0 heterocycles. The quantitative estimate of drug-likeness (QED) is 0.105. The van der Waals surface area contributed by atoms with Crippen molar-refractivity contribution in [3.05, 3.63) is 89.5 Å². The lowest BCUT2D eigenvalue weighted by atomic mass is 9.95. The zero-order valence-corrected chi connectivity index (χ0v) is 28.8. The molecule has 3 aromatic carbocycles. The minimum Gasteiger partial charge on any atom is -0.465 e. The second-order valence-corrected chi connectivity index (χ2v) is 13.0. The Morgan fingerprint density at radius 1 is 0.840 bits per heavy atom. The number of carbonyl (C=O) groups excluding carboxylic acids is 3. The van der Waals surface area contributed by atoms with Crippen molar-refractivity contribution in [2.45, 2.75) is 76.2 Å². The van der Waals surface area contributed by atoms with Gasteiger partial charge in [-0.3, -0.25) is 19.7 Å². The van der Waals surface area contributed by atoms with E-state index in [-0.39, 0.29) is 43.5 Å². The molecule has 0 unspecified atom stereocenters. The molecule has 0 saturated heterocycles. The number of likely N-dealkylation sites (N-methyl/N-ethyl adjacent to an activating group) is 1. The Bertz CT molecular complexity index is 1580. The third kappa shape index (κ3) is 9.84. The summed E-state index contributed by atoms with van der Waals surface area (Å²) in [4.78, 5) is 57.5. The van der Waals surface area contributed by atoms with Gasteiger partial charge in [-0.05, 0) is 66.1 Å². The molecule has 0 aliphatic heterocycles. The molecule has 1 saturated carbocycles. The number of ether oxygens (including phenoxy) is 1. The van der Waals surface area contributed by atoms with Gasteiger partial charge in [-0.15, -0.1) is 0 Å². The van der Waals surface area contributed by atoms with Crippen LogP contribution in [0.1, 0.15) is 91.6 Å². The number of benzene rings is 3. The van der Waals surface area contributed by atoms with E-state index in [4.69, 9.17) is 14.7 Å². The van der Waals surface area contributed by atoms with E-state index in [2.05, 4.69) is 34.9 Å². The standard InChI is InChI=1S/C39H48N4O7/c1-42(24-25-50-43(30-16-5-4-6-17-30)36(44)22-7-2-3-12-23-40-38(46)47)37(45)28-14-13-15-29(26-28)41-39(48)49-27-35-33-20-10-8-18-31(33)32-19-9-11-21-34(32)35/h8-11,13-15,18-21,26,30,35,40H,2-7,12,16-17,22-25,27H2,1H3,(H,41,48)(H,46,47). The van der Waals surface area contributed by atoms with Crippen LogP contribution in [0.4, 0.5) is 15.3 Å². The third-order valence-electron chi connectivity index (χ3n) is 9.45. The number of carbonyl (C=O) groups is 4. The van der Waals surface area contributed by atoms with Crippen LogP contribution in [0.25, 0.3) is 11.1 Å². The molecule has 11 nitrogen and oxygen atoms in total. The fraction of sp³-hybridized carbons (Fsp3) is 0.436. The molecule has 11 heteroatoms. The molecule has 2 aliphatic rings. The first-order chi connectivity index (χ1) is 24.3. The fourth-order valence-electron chi connectivity index (χ4n) is 6.84. The number of fused-ring (bicyclic) bond motifs is 3. The van der Waals surface area contributed by atoms with Gasteiger partial charge in [-0.25, -0.2) is 14.7 Å². The van der Waals surface area contributed by atoms with Gasteiger partial charge in [-0.2, -0.15) is 0 Å². The average Bonchev–Trinajstić information content (AvgIpc) is 3.45. The second-order valence-electron chi connectivity index (χ2n) is 13.0. The predicted molar refractivity (Wildman–Crippen MR) is 191 cm³/mol. The summed E-state index contributed by atoms with van der Waals surface area (Å²) in [5.74, 6) is -0.347. The summed E-state index contributed by atoms with van der Waals surface area (Å²) >= 11 is 0. The number of anilines is 1. The van der Waals surface area contributed by atoms with Crippen molar-refractivity contribution >= 4 is 29.7 Å². The number of nitrogens with one attached hydrogen (secondary N) is 2. The minimum atomic E-state index is -1.02. The maximum absolute atomic E-state index is 13.3. The highest BCUT2D eigenvalue weighted by molar-refractivity contribution is 5.96. The van der Waals surface area contributed by atoms with Gasteiger partial charge in [0.25, 0.3) is 5.91 Å². The summed E-state index contributed by atoms with van der Waals surface area (Å²) in [5.41, 5.74) is 5.43. The number of carboxylic acid groups (broad SMARTS) is 1. The molecule has 50 heavy (non-hydrogen) atoms. The van der Waals surface area contributed by atoms with Crippen molar-refractivity contribution in [3.63, 3.8) is 0 Å². The largest absolute Gasteiger partial charge is 0.465 e. The maximum Gasteiger partial charge on any atom is 0.411 e. The summed E-state index contributed by atoms with van der Waals surface area (Å²) in [5, 5.41) is 15.3. The molecular weight excluding hydrogens is 636 g/mol. The Balaban J connectivity index is 1.08. The van der Waals surface area contributed by atoms with Gasteiger partial charge in [0.1, 0.15) is 6.61 Å². The van der Waals surface area contributed by atoms with Crippen LogP contribution in [0.5, 0.6) is 0 Å². The molecule has 0 radical (unpaired) electrons. The number of amides is 4. The fourth-order valence-corrected chi connectivity index (χ4v) is 6.84. The van der Waals surface area contributed by atoms with E-state index in [1.807, 2.05) is 24.3 Å². The molecule has 0 atom stereocenters. The number of unbranched alkanes of at least 4 members (excludes halogenated alkanes) is 3. The van der Waals surface area contributed by atoms with Crippen molar-refractivity contribution in [2.75, 3.05) is 38.7 Å². The minimum absolute atomic E-state index is 0.0256. The highest BCUT2D eigenvalue weighted by Crippen LogP contribution is 2.44.